The first-order valence-corrected chi connectivity index (χ1v) is 19.1. The number of nitrogens with one attached hydrogen (secondary N) is 2. The van der Waals surface area contributed by atoms with Crippen LogP contribution in [0.1, 0.15) is 32.2 Å². The van der Waals surface area contributed by atoms with Crippen LogP contribution in [-0.4, -0.2) is 119 Å². The molecule has 50 heavy (non-hydrogen) atoms. The second-order valence-electron chi connectivity index (χ2n) is 12.0. The highest BCUT2D eigenvalue weighted by Crippen LogP contribution is 2.40. The van der Waals surface area contributed by atoms with Crippen LogP contribution >= 0.6 is 16.2 Å². The van der Waals surface area contributed by atoms with Gasteiger partial charge in [0.2, 0.25) is 0 Å². The van der Waals surface area contributed by atoms with Crippen LogP contribution in [0.5, 0.6) is 0 Å². The van der Waals surface area contributed by atoms with Crippen LogP contribution in [0.3, 0.4) is 0 Å². The number of hydrogen-bond acceptors (Lipinski definition) is 16. The van der Waals surface area contributed by atoms with E-state index in [0.29, 0.717) is 47.1 Å². The maximum atomic E-state index is 15.3. The van der Waals surface area contributed by atoms with E-state index in [-0.39, 0.29) is 5.92 Å². The smallest absolute Gasteiger partial charge is 0.256 e. The lowest BCUT2D eigenvalue weighted by Crippen LogP contribution is -2.32. The van der Waals surface area contributed by atoms with Crippen LogP contribution in [0.25, 0.3) is 22.3 Å². The van der Waals surface area contributed by atoms with Gasteiger partial charge in [-0.2, -0.15) is 0 Å². The molecule has 6 N–H and O–H groups in total. The van der Waals surface area contributed by atoms with E-state index in [1.165, 1.54) is 41.1 Å². The van der Waals surface area contributed by atoms with E-state index in [1.807, 2.05) is 0 Å². The van der Waals surface area contributed by atoms with E-state index in [9.17, 15) is 19.3 Å². The summed E-state index contributed by atoms with van der Waals surface area (Å²) in [6.07, 6.45) is -3.59. The van der Waals surface area contributed by atoms with Crippen LogP contribution in [0.2, 0.25) is 0 Å². The quantitative estimate of drug-likeness (QED) is 0.102. The largest absolute Gasteiger partial charge is 0.394 e. The zero-order chi connectivity index (χ0) is 35.5. The molecule has 11 atom stereocenters. The van der Waals surface area contributed by atoms with Gasteiger partial charge in [0.15, 0.2) is 66.8 Å². The molecule has 19 nitrogen and oxygen atoms in total. The molecule has 6 rings (SSSR count). The molecule has 6 heterocycles. The van der Waals surface area contributed by atoms with E-state index in [2.05, 4.69) is 47.5 Å². The standard InChI is InChI=1S/C27H39F2N11O8P2/c1-13(3-5-31-22-18-24(35-9-33-22)39(11-37-18)26-16(28)20(47-49(2)43)14(7-41)45-26)4-6-32-23-19-25(36-10-34-23)40(12-38-19)27-17(29)21(48-50(30)44)15(8-42)46-27/h9-17,20-21,26-27,41-42,49-50H,3-8H2,1-2H3,(H2,30,44)(H,31,33,35)(H,32,34,36)/t13?,14?,15?,16-,17-,20-,21-,26?,27-/m1/s1. The molecule has 2 saturated heterocycles. The topological polar surface area (TPSA) is 249 Å². The third kappa shape index (κ3) is 7.51. The predicted molar refractivity (Wildman–Crippen MR) is 176 cm³/mol. The van der Waals surface area contributed by atoms with Gasteiger partial charge in [-0.15, -0.1) is 0 Å². The van der Waals surface area contributed by atoms with Gasteiger partial charge in [-0.3, -0.25) is 23.8 Å². The van der Waals surface area contributed by atoms with Gasteiger partial charge in [0, 0.05) is 19.8 Å². The molecule has 274 valence electrons. The monoisotopic (exact) mass is 745 g/mol. The maximum absolute atomic E-state index is 15.3. The van der Waals surface area contributed by atoms with Crippen molar-refractivity contribution in [3.05, 3.63) is 25.3 Å². The van der Waals surface area contributed by atoms with Gasteiger partial charge in [0.25, 0.3) is 8.18 Å². The summed E-state index contributed by atoms with van der Waals surface area (Å²) < 4.78 is 78.0. The minimum absolute atomic E-state index is 0.249. The lowest BCUT2D eigenvalue weighted by atomic mass is 10.0. The highest BCUT2D eigenvalue weighted by Gasteiger charge is 2.49. The van der Waals surface area contributed by atoms with Crippen LogP contribution in [-0.2, 0) is 27.7 Å². The van der Waals surface area contributed by atoms with E-state index in [1.54, 1.807) is 0 Å². The molecule has 0 aliphatic carbocycles. The first-order valence-electron chi connectivity index (χ1n) is 15.9. The molecule has 0 bridgehead atoms. The molecule has 2 aliphatic heterocycles. The van der Waals surface area contributed by atoms with Crippen molar-refractivity contribution in [2.24, 2.45) is 11.4 Å². The van der Waals surface area contributed by atoms with Crippen molar-refractivity contribution in [2.45, 2.75) is 69.0 Å². The number of aliphatic hydroxyl groups is 2. The second-order valence-corrected chi connectivity index (χ2v) is 14.1. The van der Waals surface area contributed by atoms with Crippen molar-refractivity contribution in [2.75, 3.05) is 43.6 Å². The number of fused-ring (bicyclic) bond motifs is 2. The number of aromatic nitrogens is 8. The Morgan fingerprint density at radius 3 is 1.72 bits per heavy atom. The zero-order valence-corrected chi connectivity index (χ0v) is 29.0. The Hall–Kier alpha value is -3.26. The Bertz CT molecular complexity index is 1700. The molecule has 4 aromatic heterocycles. The first-order chi connectivity index (χ1) is 24.1. The summed E-state index contributed by atoms with van der Waals surface area (Å²) in [5.41, 5.74) is 6.66. The van der Waals surface area contributed by atoms with E-state index in [0.717, 1.165) is 12.8 Å². The average molecular weight is 746 g/mol. The Kier molecular flexibility index (Phi) is 11.7. The molecule has 2 fully saturated rings. The van der Waals surface area contributed by atoms with Gasteiger partial charge < -0.3 is 39.4 Å². The Balaban J connectivity index is 1.03. The van der Waals surface area contributed by atoms with Crippen molar-refractivity contribution < 1.29 is 46.6 Å². The fourth-order valence-electron chi connectivity index (χ4n) is 6.09. The second kappa shape index (κ2) is 16.0. The molecule has 2 aliphatic rings. The van der Waals surface area contributed by atoms with Crippen molar-refractivity contribution in [1.29, 1.82) is 0 Å². The number of nitrogens with two attached hydrogens (primary N) is 1. The summed E-state index contributed by atoms with van der Waals surface area (Å²) in [5, 5.41) is 25.8. The van der Waals surface area contributed by atoms with Crippen LogP contribution < -0.4 is 16.1 Å². The van der Waals surface area contributed by atoms with Crippen LogP contribution in [0, 0.1) is 5.92 Å². The molecule has 6 unspecified atom stereocenters. The summed E-state index contributed by atoms with van der Waals surface area (Å²) >= 11 is 0. The normalized spacial score (nSPS) is 28.7. The van der Waals surface area contributed by atoms with Gasteiger partial charge in [-0.05, 0) is 18.8 Å². The molecule has 0 radical (unpaired) electrons. The number of anilines is 2. The van der Waals surface area contributed by atoms with Crippen molar-refractivity contribution in [3.63, 3.8) is 0 Å². The number of imidazole rings is 2. The van der Waals surface area contributed by atoms with Crippen LogP contribution in [0.15, 0.2) is 25.3 Å². The summed E-state index contributed by atoms with van der Waals surface area (Å²) in [6.45, 7) is 3.45. The third-order valence-corrected chi connectivity index (χ3v) is 9.68. The predicted octanol–water partition coefficient (Wildman–Crippen LogP) is 1.59. The van der Waals surface area contributed by atoms with Crippen molar-refractivity contribution in [1.82, 2.24) is 39.0 Å². The minimum Gasteiger partial charge on any atom is -0.394 e. The molecule has 0 amide bonds. The molecule has 4 aromatic rings. The number of nitrogens with zero attached hydrogens (tertiary/aromatic N) is 8. The number of aliphatic hydroxyl groups excluding tert-OH is 2. The fourth-order valence-corrected chi connectivity index (χ4v) is 7.31. The summed E-state index contributed by atoms with van der Waals surface area (Å²) in [4.78, 5) is 25.8. The van der Waals surface area contributed by atoms with E-state index in [4.69, 9.17) is 24.0 Å². The molecule has 0 aromatic carbocycles. The summed E-state index contributed by atoms with van der Waals surface area (Å²) in [6, 6.07) is 0. The van der Waals surface area contributed by atoms with Gasteiger partial charge in [0.1, 0.15) is 37.1 Å². The highest BCUT2D eigenvalue weighted by molar-refractivity contribution is 7.38. The number of rotatable bonds is 16. The van der Waals surface area contributed by atoms with E-state index < -0.39 is 78.6 Å². The lowest BCUT2D eigenvalue weighted by molar-refractivity contribution is -0.0429. The Morgan fingerprint density at radius 2 is 1.30 bits per heavy atom. The highest BCUT2D eigenvalue weighted by atomic mass is 31.1. The number of alkyl halides is 2. The lowest BCUT2D eigenvalue weighted by Gasteiger charge is -2.17. The SMILES string of the molecule is CC(CCNc1ncnc2c1ncn2C1OC(CO)[C@@H](O[PH](C)=O)[C@H]1F)CCNc1ncnc2c1ncn2[C@@H]1OC(CO)[C@@H](O[PH](N)=O)[C@H]1F. The van der Waals surface area contributed by atoms with Crippen LogP contribution in [0.4, 0.5) is 20.4 Å². The number of halogens is 2. The van der Waals surface area contributed by atoms with Gasteiger partial charge >= 0.3 is 0 Å². The van der Waals surface area contributed by atoms with Crippen molar-refractivity contribution >= 4 is 50.2 Å². The van der Waals surface area contributed by atoms with Gasteiger partial charge in [-0.25, -0.2) is 38.7 Å². The fraction of sp³-hybridized carbons (Fsp3) is 0.630. The van der Waals surface area contributed by atoms with Gasteiger partial charge in [0.05, 0.1) is 25.9 Å². The molecule has 0 spiro atoms. The minimum atomic E-state index is -2.98. The Labute approximate surface area is 285 Å². The van der Waals surface area contributed by atoms with Crippen molar-refractivity contribution in [3.8, 4) is 0 Å². The average Bonchev–Trinajstić information content (AvgIpc) is 3.85. The first kappa shape index (κ1) is 36.5. The van der Waals surface area contributed by atoms with E-state index >= 15 is 8.78 Å². The number of ether oxygens (including phenoxy) is 2. The molecule has 0 saturated carbocycles. The maximum Gasteiger partial charge on any atom is 0.256 e. The zero-order valence-electron chi connectivity index (χ0n) is 27.0. The Morgan fingerprint density at radius 1 is 0.840 bits per heavy atom. The summed E-state index contributed by atoms with van der Waals surface area (Å²) in [7, 11) is -5.46. The molecular weight excluding hydrogens is 706 g/mol. The van der Waals surface area contributed by atoms with Gasteiger partial charge in [-0.1, -0.05) is 6.92 Å². The molecule has 23 heteroatoms. The third-order valence-electron chi connectivity index (χ3n) is 8.57. The summed E-state index contributed by atoms with van der Waals surface area (Å²) in [5.74, 6) is 1.15. The molecular formula is C27H39F2N11O8P2. The number of hydrogen-bond donors (Lipinski definition) is 5.